The van der Waals surface area contributed by atoms with Crippen molar-refractivity contribution in [1.29, 1.82) is 0 Å². The van der Waals surface area contributed by atoms with Crippen LogP contribution in [0.25, 0.3) is 0 Å². The first-order valence-electron chi connectivity index (χ1n) is 10.3. The molecule has 160 valence electrons. The van der Waals surface area contributed by atoms with Crippen LogP contribution in [0.15, 0.2) is 40.7 Å². The number of rotatable bonds is 5. The maximum atomic E-state index is 13.1. The number of Topliss-reactive ketones (excluding diaryl/α,β-unsaturated/α-hetero) is 2. The number of hydrogen-bond acceptors (Lipinski definition) is 5. The maximum absolute atomic E-state index is 13.1. The van der Waals surface area contributed by atoms with Gasteiger partial charge in [-0.15, -0.1) is 6.42 Å². The van der Waals surface area contributed by atoms with E-state index in [4.69, 9.17) is 22.8 Å². The molecule has 7 heteroatoms. The van der Waals surface area contributed by atoms with Gasteiger partial charge in [-0.05, 0) is 43.4 Å². The lowest BCUT2D eigenvalue weighted by Crippen LogP contribution is -2.41. The molecule has 0 saturated carbocycles. The Kier molecular flexibility index (Phi) is 5.88. The zero-order valence-corrected chi connectivity index (χ0v) is 17.7. The molecule has 1 heterocycles. The van der Waals surface area contributed by atoms with Crippen molar-refractivity contribution in [1.82, 2.24) is 4.90 Å². The third-order valence-corrected chi connectivity index (χ3v) is 6.28. The van der Waals surface area contributed by atoms with Crippen LogP contribution in [0, 0.1) is 12.3 Å². The summed E-state index contributed by atoms with van der Waals surface area (Å²) in [4.78, 5) is 39.4. The minimum atomic E-state index is -0.994. The van der Waals surface area contributed by atoms with E-state index in [1.807, 2.05) is 0 Å². The van der Waals surface area contributed by atoms with E-state index in [1.165, 1.54) is 0 Å². The highest BCUT2D eigenvalue weighted by molar-refractivity contribution is 6.32. The molecule has 1 aromatic carbocycles. The van der Waals surface area contributed by atoms with Crippen LogP contribution >= 0.6 is 11.6 Å². The number of hydrogen-bond donors (Lipinski definition) is 1. The highest BCUT2D eigenvalue weighted by atomic mass is 35.5. The van der Waals surface area contributed by atoms with Crippen LogP contribution in [0.3, 0.4) is 0 Å². The third kappa shape index (κ3) is 3.86. The molecular weight excluding hydrogens is 418 g/mol. The van der Waals surface area contributed by atoms with Gasteiger partial charge in [0.1, 0.15) is 18.9 Å². The number of carbonyl (C=O) groups is 3. The van der Waals surface area contributed by atoms with Crippen molar-refractivity contribution in [2.24, 2.45) is 0 Å². The molecule has 0 radical (unpaired) electrons. The summed E-state index contributed by atoms with van der Waals surface area (Å²) in [6, 6.07) is 5.21. The SMILES string of the molecule is C#CCOc1ccc(C2C3=C(CCCC3=O)N(CC(=O)O)C3=C2C(=O)CCC3)cc1Cl. The minimum absolute atomic E-state index is 0.0460. The summed E-state index contributed by atoms with van der Waals surface area (Å²) in [6.07, 6.45) is 8.54. The molecule has 1 N–H and O–H groups in total. The van der Waals surface area contributed by atoms with Gasteiger partial charge in [-0.2, -0.15) is 0 Å². The van der Waals surface area contributed by atoms with Crippen LogP contribution in [0.5, 0.6) is 5.75 Å². The average Bonchev–Trinajstić information content (AvgIpc) is 2.73. The van der Waals surface area contributed by atoms with E-state index >= 15 is 0 Å². The average molecular weight is 440 g/mol. The Bertz CT molecular complexity index is 1030. The smallest absolute Gasteiger partial charge is 0.323 e. The van der Waals surface area contributed by atoms with Gasteiger partial charge in [-0.1, -0.05) is 23.6 Å². The van der Waals surface area contributed by atoms with Crippen molar-refractivity contribution in [2.45, 2.75) is 44.4 Å². The second-order valence-electron chi connectivity index (χ2n) is 7.87. The molecule has 2 aliphatic carbocycles. The Labute approximate surface area is 185 Å². The number of halogens is 1. The molecule has 0 aromatic heterocycles. The van der Waals surface area contributed by atoms with Crippen molar-refractivity contribution >= 4 is 29.1 Å². The van der Waals surface area contributed by atoms with E-state index in [1.54, 1.807) is 23.1 Å². The fourth-order valence-corrected chi connectivity index (χ4v) is 5.05. The molecule has 3 aliphatic rings. The summed E-state index contributed by atoms with van der Waals surface area (Å²) in [5, 5.41) is 9.84. The Morgan fingerprint density at radius 3 is 2.26 bits per heavy atom. The lowest BCUT2D eigenvalue weighted by Gasteiger charge is -2.43. The first kappa shape index (κ1) is 21.2. The van der Waals surface area contributed by atoms with Crippen molar-refractivity contribution < 1.29 is 24.2 Å². The molecule has 31 heavy (non-hydrogen) atoms. The number of ketones is 2. The quantitative estimate of drug-likeness (QED) is 0.701. The van der Waals surface area contributed by atoms with Crippen molar-refractivity contribution in [3.8, 4) is 18.1 Å². The zero-order valence-electron chi connectivity index (χ0n) is 16.9. The number of terminal acetylenes is 1. The maximum Gasteiger partial charge on any atom is 0.323 e. The highest BCUT2D eigenvalue weighted by Crippen LogP contribution is 2.49. The molecule has 0 atom stereocenters. The number of carbonyl (C=O) groups excluding carboxylic acids is 2. The number of nitrogens with zero attached hydrogens (tertiary/aromatic N) is 1. The van der Waals surface area contributed by atoms with E-state index in [-0.39, 0.29) is 24.7 Å². The van der Waals surface area contributed by atoms with Gasteiger partial charge in [0.25, 0.3) is 0 Å². The predicted octanol–water partition coefficient (Wildman–Crippen LogP) is 3.85. The molecule has 6 nitrogen and oxygen atoms in total. The monoisotopic (exact) mass is 439 g/mol. The molecular formula is C24H22ClNO5. The van der Waals surface area contributed by atoms with Crippen molar-refractivity contribution in [2.75, 3.05) is 13.2 Å². The highest BCUT2D eigenvalue weighted by Gasteiger charge is 2.43. The van der Waals surface area contributed by atoms with Gasteiger partial charge in [0.05, 0.1) is 5.02 Å². The summed E-state index contributed by atoms with van der Waals surface area (Å²) in [5.74, 6) is 1.19. The third-order valence-electron chi connectivity index (χ3n) is 5.98. The Morgan fingerprint density at radius 1 is 1.13 bits per heavy atom. The van der Waals surface area contributed by atoms with E-state index in [0.717, 1.165) is 17.0 Å². The molecule has 0 bridgehead atoms. The largest absolute Gasteiger partial charge is 0.480 e. The lowest BCUT2D eigenvalue weighted by atomic mass is 9.71. The summed E-state index contributed by atoms with van der Waals surface area (Å²) >= 11 is 6.42. The predicted molar refractivity (Wildman–Crippen MR) is 115 cm³/mol. The fraction of sp³-hybridized carbons (Fsp3) is 0.375. The standard InChI is InChI=1S/C24H22ClNO5/c1-2-11-31-20-10-9-14(12-15(20)25)22-23-16(5-3-7-18(23)27)26(13-21(29)30)17-6-4-8-19(28)24(17)22/h1,9-10,12,22H,3-8,11,13H2,(H,29,30). The fourth-order valence-electron chi connectivity index (χ4n) is 4.81. The number of carboxylic acid groups (broad SMARTS) is 1. The number of ether oxygens (including phenoxy) is 1. The topological polar surface area (TPSA) is 83.9 Å². The second-order valence-corrected chi connectivity index (χ2v) is 8.28. The van der Waals surface area contributed by atoms with E-state index in [2.05, 4.69) is 5.92 Å². The first-order valence-corrected chi connectivity index (χ1v) is 10.7. The number of benzene rings is 1. The van der Waals surface area contributed by atoms with Crippen LogP contribution in [0.2, 0.25) is 5.02 Å². The molecule has 0 fully saturated rings. The van der Waals surface area contributed by atoms with Gasteiger partial charge in [-0.3, -0.25) is 14.4 Å². The molecule has 1 aliphatic heterocycles. The molecule has 0 spiro atoms. The molecule has 1 aromatic rings. The Morgan fingerprint density at radius 2 is 1.74 bits per heavy atom. The van der Waals surface area contributed by atoms with Crippen LogP contribution in [0.1, 0.15) is 50.0 Å². The number of carboxylic acids is 1. The van der Waals surface area contributed by atoms with Crippen LogP contribution in [-0.2, 0) is 14.4 Å². The van der Waals surface area contributed by atoms with Gasteiger partial charge in [0, 0.05) is 41.3 Å². The molecule has 0 unspecified atom stereocenters. The second kappa shape index (κ2) is 8.60. The Hall–Kier alpha value is -3.04. The van der Waals surface area contributed by atoms with Crippen LogP contribution in [-0.4, -0.2) is 40.7 Å². The summed E-state index contributed by atoms with van der Waals surface area (Å²) in [7, 11) is 0. The minimum Gasteiger partial charge on any atom is -0.480 e. The van der Waals surface area contributed by atoms with Crippen LogP contribution in [0.4, 0.5) is 0 Å². The zero-order chi connectivity index (χ0) is 22.1. The van der Waals surface area contributed by atoms with E-state index in [0.29, 0.717) is 60.4 Å². The lowest BCUT2D eigenvalue weighted by molar-refractivity contribution is -0.138. The summed E-state index contributed by atoms with van der Waals surface area (Å²) < 4.78 is 5.45. The van der Waals surface area contributed by atoms with Gasteiger partial charge in [-0.25, -0.2) is 0 Å². The van der Waals surface area contributed by atoms with E-state index < -0.39 is 11.9 Å². The van der Waals surface area contributed by atoms with Gasteiger partial charge in [0.2, 0.25) is 0 Å². The van der Waals surface area contributed by atoms with Gasteiger partial charge in [0.15, 0.2) is 11.6 Å². The number of allylic oxidation sites excluding steroid dienone is 4. The summed E-state index contributed by atoms with van der Waals surface area (Å²) in [6.45, 7) is -0.182. The first-order chi connectivity index (χ1) is 14.9. The molecule has 4 rings (SSSR count). The van der Waals surface area contributed by atoms with Crippen molar-refractivity contribution in [3.05, 3.63) is 51.3 Å². The normalized spacial score (nSPS) is 19.2. The van der Waals surface area contributed by atoms with Crippen molar-refractivity contribution in [3.63, 3.8) is 0 Å². The number of aliphatic carboxylic acids is 1. The van der Waals surface area contributed by atoms with Crippen LogP contribution < -0.4 is 4.74 Å². The van der Waals surface area contributed by atoms with E-state index in [9.17, 15) is 19.5 Å². The summed E-state index contributed by atoms with van der Waals surface area (Å²) in [5.41, 5.74) is 3.21. The van der Waals surface area contributed by atoms with Gasteiger partial charge >= 0.3 is 5.97 Å². The molecule has 0 amide bonds. The Balaban J connectivity index is 1.89. The molecule has 0 saturated heterocycles. The van der Waals surface area contributed by atoms with Gasteiger partial charge < -0.3 is 14.7 Å².